The molecule has 3 heterocycles. The Morgan fingerprint density at radius 2 is 1.45 bits per heavy atom. The van der Waals surface area contributed by atoms with Crippen LogP contribution in [0.5, 0.6) is 0 Å². The molecule has 0 N–H and O–H groups in total. The average Bonchev–Trinajstić information content (AvgIpc) is 3.01. The first-order chi connectivity index (χ1) is 9.76. The van der Waals surface area contributed by atoms with E-state index in [4.69, 9.17) is 0 Å². The largest absolute Gasteiger partial charge is 0.356 e. The summed E-state index contributed by atoms with van der Waals surface area (Å²) < 4.78 is 0. The van der Waals surface area contributed by atoms with E-state index in [-0.39, 0.29) is 0 Å². The molecule has 5 nitrogen and oxygen atoms in total. The van der Waals surface area contributed by atoms with E-state index in [1.54, 1.807) is 0 Å². The molecule has 0 saturated carbocycles. The van der Waals surface area contributed by atoms with Crippen LogP contribution >= 0.6 is 0 Å². The van der Waals surface area contributed by atoms with Crippen LogP contribution in [0.15, 0.2) is 6.07 Å². The van der Waals surface area contributed by atoms with Gasteiger partial charge in [0.2, 0.25) is 0 Å². The Labute approximate surface area is 121 Å². The van der Waals surface area contributed by atoms with Crippen molar-refractivity contribution < 1.29 is 0 Å². The molecular formula is C15H25N5. The van der Waals surface area contributed by atoms with Crippen molar-refractivity contribution in [3.8, 4) is 0 Å². The SMILES string of the molecule is CCN1CCN(c2cc(N3CCCC3)nc(C)n2)CC1. The number of rotatable bonds is 3. The van der Waals surface area contributed by atoms with Crippen molar-refractivity contribution in [1.82, 2.24) is 14.9 Å². The molecule has 1 aromatic heterocycles. The molecule has 110 valence electrons. The second-order valence-corrected chi connectivity index (χ2v) is 5.75. The van der Waals surface area contributed by atoms with E-state index in [0.717, 1.165) is 63.3 Å². The number of hydrogen-bond donors (Lipinski definition) is 0. The Bertz CT molecular complexity index is 448. The zero-order valence-electron chi connectivity index (χ0n) is 12.7. The Balaban J connectivity index is 1.76. The lowest BCUT2D eigenvalue weighted by atomic mass is 10.3. The van der Waals surface area contributed by atoms with Crippen LogP contribution in [0, 0.1) is 6.92 Å². The predicted molar refractivity (Wildman–Crippen MR) is 82.5 cm³/mol. The number of likely N-dealkylation sites (N-methyl/N-ethyl adjacent to an activating group) is 1. The van der Waals surface area contributed by atoms with Gasteiger partial charge in [0.1, 0.15) is 17.5 Å². The molecule has 0 aliphatic carbocycles. The van der Waals surface area contributed by atoms with Crippen LogP contribution in [0.2, 0.25) is 0 Å². The third-order valence-corrected chi connectivity index (χ3v) is 4.38. The number of piperazine rings is 1. The number of nitrogens with zero attached hydrogens (tertiary/aromatic N) is 5. The number of anilines is 2. The summed E-state index contributed by atoms with van der Waals surface area (Å²) in [5.41, 5.74) is 0. The molecule has 0 amide bonds. The highest BCUT2D eigenvalue weighted by Crippen LogP contribution is 2.23. The van der Waals surface area contributed by atoms with E-state index in [2.05, 4.69) is 37.7 Å². The van der Waals surface area contributed by atoms with Crippen molar-refractivity contribution in [3.05, 3.63) is 11.9 Å². The van der Waals surface area contributed by atoms with Crippen LogP contribution in [0.4, 0.5) is 11.6 Å². The first kappa shape index (κ1) is 13.6. The zero-order chi connectivity index (χ0) is 13.9. The van der Waals surface area contributed by atoms with Crippen LogP contribution in [0.1, 0.15) is 25.6 Å². The van der Waals surface area contributed by atoms with Gasteiger partial charge < -0.3 is 14.7 Å². The summed E-state index contributed by atoms with van der Waals surface area (Å²) in [4.78, 5) is 16.6. The molecule has 0 unspecified atom stereocenters. The van der Waals surface area contributed by atoms with Crippen LogP contribution in [0.25, 0.3) is 0 Å². The highest BCUT2D eigenvalue weighted by Gasteiger charge is 2.20. The van der Waals surface area contributed by atoms with Gasteiger partial charge in [-0.25, -0.2) is 9.97 Å². The first-order valence-corrected chi connectivity index (χ1v) is 7.84. The maximum Gasteiger partial charge on any atom is 0.134 e. The molecule has 0 spiro atoms. The topological polar surface area (TPSA) is 35.5 Å². The fraction of sp³-hybridized carbons (Fsp3) is 0.733. The van der Waals surface area contributed by atoms with Gasteiger partial charge in [-0.2, -0.15) is 0 Å². The summed E-state index contributed by atoms with van der Waals surface area (Å²) >= 11 is 0. The molecule has 1 aromatic rings. The Hall–Kier alpha value is -1.36. The highest BCUT2D eigenvalue weighted by molar-refractivity contribution is 5.51. The smallest absolute Gasteiger partial charge is 0.134 e. The molecule has 0 atom stereocenters. The van der Waals surface area contributed by atoms with Gasteiger partial charge in [-0.05, 0) is 26.3 Å². The summed E-state index contributed by atoms with van der Waals surface area (Å²) in [6.07, 6.45) is 2.57. The minimum atomic E-state index is 0.891. The monoisotopic (exact) mass is 275 g/mol. The first-order valence-electron chi connectivity index (χ1n) is 7.84. The van der Waals surface area contributed by atoms with Gasteiger partial charge in [-0.15, -0.1) is 0 Å². The third kappa shape index (κ3) is 2.87. The number of aryl methyl sites for hydroxylation is 1. The van der Waals surface area contributed by atoms with Crippen LogP contribution < -0.4 is 9.80 Å². The highest BCUT2D eigenvalue weighted by atomic mass is 15.3. The molecule has 2 saturated heterocycles. The third-order valence-electron chi connectivity index (χ3n) is 4.38. The van der Waals surface area contributed by atoms with Crippen molar-refractivity contribution in [3.63, 3.8) is 0 Å². The lowest BCUT2D eigenvalue weighted by Gasteiger charge is -2.35. The van der Waals surface area contributed by atoms with Gasteiger partial charge in [0.25, 0.3) is 0 Å². The maximum absolute atomic E-state index is 4.65. The predicted octanol–water partition coefficient (Wildman–Crippen LogP) is 1.53. The molecule has 20 heavy (non-hydrogen) atoms. The summed E-state index contributed by atoms with van der Waals surface area (Å²) in [5, 5.41) is 0. The molecule has 2 fully saturated rings. The summed E-state index contributed by atoms with van der Waals surface area (Å²) in [5.74, 6) is 3.11. The quantitative estimate of drug-likeness (QED) is 0.836. The average molecular weight is 275 g/mol. The Kier molecular flexibility index (Phi) is 4.05. The Morgan fingerprint density at radius 3 is 2.00 bits per heavy atom. The maximum atomic E-state index is 4.65. The standard InChI is InChI=1S/C15H25N5/c1-3-18-8-10-20(11-9-18)15-12-14(16-13(2)17-15)19-6-4-5-7-19/h12H,3-11H2,1-2H3. The molecular weight excluding hydrogens is 250 g/mol. The lowest BCUT2D eigenvalue weighted by Crippen LogP contribution is -2.46. The van der Waals surface area contributed by atoms with Gasteiger partial charge in [-0.1, -0.05) is 6.92 Å². The van der Waals surface area contributed by atoms with E-state index in [9.17, 15) is 0 Å². The van der Waals surface area contributed by atoms with Crippen molar-refractivity contribution in [2.75, 3.05) is 55.6 Å². The van der Waals surface area contributed by atoms with Crippen LogP contribution in [-0.2, 0) is 0 Å². The van der Waals surface area contributed by atoms with Gasteiger partial charge in [0, 0.05) is 45.3 Å². The van der Waals surface area contributed by atoms with Gasteiger partial charge >= 0.3 is 0 Å². The minimum Gasteiger partial charge on any atom is -0.356 e. The van der Waals surface area contributed by atoms with E-state index >= 15 is 0 Å². The molecule has 0 radical (unpaired) electrons. The normalized spacial score (nSPS) is 20.7. The van der Waals surface area contributed by atoms with Gasteiger partial charge in [-0.3, -0.25) is 0 Å². The molecule has 3 rings (SSSR count). The van der Waals surface area contributed by atoms with Gasteiger partial charge in [0.05, 0.1) is 0 Å². The summed E-state index contributed by atoms with van der Waals surface area (Å²) in [7, 11) is 0. The summed E-state index contributed by atoms with van der Waals surface area (Å²) in [6.45, 7) is 12.1. The second-order valence-electron chi connectivity index (χ2n) is 5.75. The molecule has 2 aliphatic rings. The van der Waals surface area contributed by atoms with Crippen molar-refractivity contribution in [1.29, 1.82) is 0 Å². The number of hydrogen-bond acceptors (Lipinski definition) is 5. The van der Waals surface area contributed by atoms with E-state index in [1.165, 1.54) is 12.8 Å². The molecule has 0 bridgehead atoms. The van der Waals surface area contributed by atoms with Crippen LogP contribution in [0.3, 0.4) is 0 Å². The van der Waals surface area contributed by atoms with Crippen molar-refractivity contribution in [2.24, 2.45) is 0 Å². The zero-order valence-corrected chi connectivity index (χ0v) is 12.7. The molecule has 0 aromatic carbocycles. The number of aromatic nitrogens is 2. The fourth-order valence-electron chi connectivity index (χ4n) is 3.10. The second kappa shape index (κ2) is 5.95. The van der Waals surface area contributed by atoms with Gasteiger partial charge in [0.15, 0.2) is 0 Å². The minimum absolute atomic E-state index is 0.891. The molecule has 5 heteroatoms. The van der Waals surface area contributed by atoms with E-state index in [0.29, 0.717) is 0 Å². The lowest BCUT2D eigenvalue weighted by molar-refractivity contribution is 0.270. The van der Waals surface area contributed by atoms with E-state index < -0.39 is 0 Å². The fourth-order valence-corrected chi connectivity index (χ4v) is 3.10. The van der Waals surface area contributed by atoms with Crippen molar-refractivity contribution in [2.45, 2.75) is 26.7 Å². The summed E-state index contributed by atoms with van der Waals surface area (Å²) in [6, 6.07) is 2.18. The van der Waals surface area contributed by atoms with E-state index in [1.807, 2.05) is 6.92 Å². The Morgan fingerprint density at radius 1 is 0.900 bits per heavy atom. The van der Waals surface area contributed by atoms with Crippen molar-refractivity contribution >= 4 is 11.6 Å². The molecule has 2 aliphatic heterocycles. The van der Waals surface area contributed by atoms with Crippen LogP contribution in [-0.4, -0.2) is 60.7 Å².